The number of hydrogen-bond acceptors (Lipinski definition) is 10. The van der Waals surface area contributed by atoms with Crippen LogP contribution in [-0.4, -0.2) is 70.5 Å². The molecule has 0 bridgehead atoms. The molecule has 1 saturated carbocycles. The molecule has 3 aromatic rings. The molecule has 184 valence electrons. The molecule has 35 heavy (non-hydrogen) atoms. The summed E-state index contributed by atoms with van der Waals surface area (Å²) in [6.45, 7) is 6.83. The molecule has 1 fully saturated rings. The number of rotatable bonds is 13. The minimum absolute atomic E-state index is 0.322. The Balaban J connectivity index is 1.46. The van der Waals surface area contributed by atoms with Gasteiger partial charge in [0.1, 0.15) is 24.5 Å². The second kappa shape index (κ2) is 11.4. The van der Waals surface area contributed by atoms with E-state index in [2.05, 4.69) is 52.7 Å². The van der Waals surface area contributed by atoms with Crippen molar-refractivity contribution in [2.75, 3.05) is 37.9 Å². The molecule has 12 nitrogen and oxygen atoms in total. The normalized spacial score (nSPS) is 14.0. The van der Waals surface area contributed by atoms with Crippen LogP contribution in [0.15, 0.2) is 38.8 Å². The molecule has 3 N–H and O–H groups in total. The fourth-order valence-electron chi connectivity index (χ4n) is 3.18. The first-order valence-electron chi connectivity index (χ1n) is 11.4. The van der Waals surface area contributed by atoms with Crippen LogP contribution in [0.3, 0.4) is 0 Å². The molecular formula is C23H30N10O2. The van der Waals surface area contributed by atoms with Gasteiger partial charge in [-0.2, -0.15) is 15.1 Å². The van der Waals surface area contributed by atoms with Crippen molar-refractivity contribution >= 4 is 36.3 Å². The highest BCUT2D eigenvalue weighted by Gasteiger charge is 2.25. The Kier molecular flexibility index (Phi) is 7.83. The van der Waals surface area contributed by atoms with Crippen LogP contribution in [0.1, 0.15) is 42.8 Å². The maximum absolute atomic E-state index is 5.85. The highest BCUT2D eigenvalue weighted by Crippen LogP contribution is 2.39. The Labute approximate surface area is 203 Å². The molecule has 0 unspecified atom stereocenters. The number of anilines is 3. The fraction of sp³-hybridized carbons (Fsp3) is 0.391. The lowest BCUT2D eigenvalue weighted by Gasteiger charge is -2.12. The molecule has 0 aromatic carbocycles. The number of likely N-dealkylation sites (N-methyl/N-ethyl adjacent to an activating group) is 1. The van der Waals surface area contributed by atoms with Crippen molar-refractivity contribution in [3.8, 4) is 5.88 Å². The molecule has 0 atom stereocenters. The second-order valence-electron chi connectivity index (χ2n) is 8.31. The van der Waals surface area contributed by atoms with Crippen LogP contribution in [0.4, 0.5) is 17.6 Å². The zero-order valence-corrected chi connectivity index (χ0v) is 20.2. The molecule has 4 rings (SSSR count). The highest BCUT2D eigenvalue weighted by atomic mass is 16.5. The van der Waals surface area contributed by atoms with Crippen LogP contribution in [0, 0.1) is 0 Å². The van der Waals surface area contributed by atoms with Crippen molar-refractivity contribution < 1.29 is 9.26 Å². The first-order valence-corrected chi connectivity index (χ1v) is 11.4. The Bertz CT molecular complexity index is 1190. The summed E-state index contributed by atoms with van der Waals surface area (Å²) >= 11 is 0. The van der Waals surface area contributed by atoms with Crippen molar-refractivity contribution in [1.29, 1.82) is 0 Å². The second-order valence-corrected chi connectivity index (χ2v) is 8.31. The van der Waals surface area contributed by atoms with Crippen LogP contribution in [0.25, 0.3) is 5.70 Å². The van der Waals surface area contributed by atoms with Gasteiger partial charge in [0, 0.05) is 36.4 Å². The van der Waals surface area contributed by atoms with E-state index in [4.69, 9.17) is 9.26 Å². The van der Waals surface area contributed by atoms with E-state index in [0.29, 0.717) is 59.7 Å². The summed E-state index contributed by atoms with van der Waals surface area (Å²) in [5.41, 5.74) is 2.37. The van der Waals surface area contributed by atoms with Gasteiger partial charge in [-0.1, -0.05) is 11.2 Å². The van der Waals surface area contributed by atoms with Gasteiger partial charge in [-0.15, -0.1) is 0 Å². The minimum atomic E-state index is 0.322. The third-order valence-electron chi connectivity index (χ3n) is 5.16. The van der Waals surface area contributed by atoms with E-state index >= 15 is 0 Å². The number of nitrogens with zero attached hydrogens (tertiary/aromatic N) is 7. The number of allylic oxidation sites excluding steroid dienone is 1. The quantitative estimate of drug-likeness (QED) is 0.249. The summed E-state index contributed by atoms with van der Waals surface area (Å²) in [5, 5.41) is 17.9. The summed E-state index contributed by atoms with van der Waals surface area (Å²) in [5.74, 6) is 3.27. The summed E-state index contributed by atoms with van der Waals surface area (Å²) < 4.78 is 11.3. The number of aromatic nitrogens is 5. The zero-order chi connectivity index (χ0) is 24.6. The van der Waals surface area contributed by atoms with Crippen LogP contribution in [-0.2, 0) is 6.54 Å². The lowest BCUT2D eigenvalue weighted by atomic mass is 10.3. The predicted octanol–water partition coefficient (Wildman–Crippen LogP) is 3.45. The van der Waals surface area contributed by atoms with Crippen LogP contribution >= 0.6 is 0 Å². The maximum Gasteiger partial charge on any atom is 0.228 e. The standard InChI is InChI=1S/C23H30N10O2/c1-5-17(26-14-24-2)19-10-16(35-32-19)13-25-23-28-20(12-22(29-23)34-9-8-33(3)4)27-21-11-18(30-31-21)15-6-7-15/h5,10-12,14-15H,2,6-9,13H2,1,3-4H3,(H3,25,27,28,29,30,31)/b17-5-,26-14?. The SMILES string of the molecule is C=NC=N/C(=C\C)c1cc(CNc2nc(Nc3cc(C4CC4)[nH]n3)cc(OCCN(C)C)n2)on1. The summed E-state index contributed by atoms with van der Waals surface area (Å²) in [4.78, 5) is 18.9. The topological polar surface area (TPSA) is 142 Å². The van der Waals surface area contributed by atoms with Crippen molar-refractivity contribution in [2.45, 2.75) is 32.2 Å². The molecule has 0 amide bonds. The number of aromatic amines is 1. The lowest BCUT2D eigenvalue weighted by molar-refractivity contribution is 0.254. The van der Waals surface area contributed by atoms with Crippen LogP contribution < -0.4 is 15.4 Å². The average Bonchev–Trinajstić information content (AvgIpc) is 3.40. The van der Waals surface area contributed by atoms with Crippen LogP contribution in [0.5, 0.6) is 5.88 Å². The van der Waals surface area contributed by atoms with Crippen molar-refractivity contribution in [3.63, 3.8) is 0 Å². The monoisotopic (exact) mass is 478 g/mol. The summed E-state index contributed by atoms with van der Waals surface area (Å²) in [6.07, 6.45) is 5.57. The number of hydrogen-bond donors (Lipinski definition) is 3. The molecule has 3 heterocycles. The van der Waals surface area contributed by atoms with Gasteiger partial charge in [-0.05, 0) is 40.6 Å². The van der Waals surface area contributed by atoms with E-state index in [1.807, 2.05) is 38.1 Å². The predicted molar refractivity (Wildman–Crippen MR) is 135 cm³/mol. The van der Waals surface area contributed by atoms with E-state index < -0.39 is 0 Å². The lowest BCUT2D eigenvalue weighted by Crippen LogP contribution is -2.20. The van der Waals surface area contributed by atoms with E-state index in [0.717, 1.165) is 12.2 Å². The first-order chi connectivity index (χ1) is 17.0. The first kappa shape index (κ1) is 24.1. The van der Waals surface area contributed by atoms with Gasteiger partial charge in [0.15, 0.2) is 11.6 Å². The van der Waals surface area contributed by atoms with Gasteiger partial charge in [-0.25, -0.2) is 4.99 Å². The largest absolute Gasteiger partial charge is 0.476 e. The summed E-state index contributed by atoms with van der Waals surface area (Å²) in [7, 11) is 3.98. The number of nitrogens with one attached hydrogen (secondary N) is 3. The van der Waals surface area contributed by atoms with Gasteiger partial charge in [-0.3, -0.25) is 10.1 Å². The number of ether oxygens (including phenoxy) is 1. The summed E-state index contributed by atoms with van der Waals surface area (Å²) in [6, 6.07) is 5.56. The smallest absolute Gasteiger partial charge is 0.228 e. The Morgan fingerprint density at radius 1 is 1.29 bits per heavy atom. The van der Waals surface area contributed by atoms with Gasteiger partial charge < -0.3 is 24.8 Å². The molecule has 12 heteroatoms. The Morgan fingerprint density at radius 2 is 2.14 bits per heavy atom. The van der Waals surface area contributed by atoms with Gasteiger partial charge in [0.2, 0.25) is 11.8 Å². The fourth-order valence-corrected chi connectivity index (χ4v) is 3.18. The maximum atomic E-state index is 5.85. The van der Waals surface area contributed by atoms with Crippen LogP contribution in [0.2, 0.25) is 0 Å². The Hall–Kier alpha value is -4.06. The average molecular weight is 479 g/mol. The zero-order valence-electron chi connectivity index (χ0n) is 20.2. The van der Waals surface area contributed by atoms with E-state index in [9.17, 15) is 0 Å². The molecule has 1 aliphatic rings. The Morgan fingerprint density at radius 3 is 2.89 bits per heavy atom. The van der Waals surface area contributed by atoms with Crippen molar-refractivity contribution in [3.05, 3.63) is 41.4 Å². The molecule has 3 aromatic heterocycles. The third kappa shape index (κ3) is 6.96. The number of aliphatic imine (C=N–C) groups is 2. The highest BCUT2D eigenvalue weighted by molar-refractivity contribution is 5.73. The van der Waals surface area contributed by atoms with Gasteiger partial charge in [0.25, 0.3) is 0 Å². The number of H-pyrrole nitrogens is 1. The van der Waals surface area contributed by atoms with E-state index in [-0.39, 0.29) is 0 Å². The van der Waals surface area contributed by atoms with Gasteiger partial charge >= 0.3 is 0 Å². The van der Waals surface area contributed by atoms with Crippen molar-refractivity contribution in [1.82, 2.24) is 30.2 Å². The minimum Gasteiger partial charge on any atom is -0.476 e. The van der Waals surface area contributed by atoms with Crippen molar-refractivity contribution in [2.24, 2.45) is 9.98 Å². The molecule has 0 aliphatic heterocycles. The molecular weight excluding hydrogens is 448 g/mol. The van der Waals surface area contributed by atoms with Gasteiger partial charge in [0.05, 0.1) is 12.2 Å². The molecule has 0 saturated heterocycles. The molecule has 1 aliphatic carbocycles. The molecule has 0 radical (unpaired) electrons. The third-order valence-corrected chi connectivity index (χ3v) is 5.16. The van der Waals surface area contributed by atoms with E-state index in [1.54, 1.807) is 12.1 Å². The molecule has 0 spiro atoms. The van der Waals surface area contributed by atoms with E-state index in [1.165, 1.54) is 19.2 Å².